The second-order valence-electron chi connectivity index (χ2n) is 8.36. The normalized spacial score (nSPS) is 11.6. The summed E-state index contributed by atoms with van der Waals surface area (Å²) in [4.78, 5) is 28.5. The number of amides is 2. The molecule has 0 aliphatic rings. The van der Waals surface area contributed by atoms with Gasteiger partial charge in [-0.2, -0.15) is 0 Å². The van der Waals surface area contributed by atoms with Crippen molar-refractivity contribution in [2.75, 3.05) is 13.2 Å². The van der Waals surface area contributed by atoms with E-state index in [2.05, 4.69) is 34.8 Å². The Bertz CT molecular complexity index is 1140. The van der Waals surface area contributed by atoms with E-state index in [0.29, 0.717) is 28.8 Å². The zero-order valence-corrected chi connectivity index (χ0v) is 23.7. The first-order valence-corrected chi connectivity index (χ1v) is 13.6. The van der Waals surface area contributed by atoms with E-state index >= 15 is 0 Å². The lowest BCUT2D eigenvalue weighted by molar-refractivity contribution is -0.142. The average molecular weight is 639 g/mol. The van der Waals surface area contributed by atoms with Crippen LogP contribution in [0.1, 0.15) is 30.9 Å². The number of carbonyl (C=O) groups excluding carboxylic acids is 2. The number of nitrogens with one attached hydrogen (secondary N) is 1. The SMILES string of the molecule is CCCCNC(=O)[C@@H](Cc1ccccc1)N(Cc1ccc(Cl)c(Cl)c1)C(=O)COc1ccc(I)cc1. The Morgan fingerprint density at radius 2 is 1.69 bits per heavy atom. The summed E-state index contributed by atoms with van der Waals surface area (Å²) in [5, 5.41) is 3.83. The van der Waals surface area contributed by atoms with Crippen LogP contribution in [-0.2, 0) is 22.6 Å². The highest BCUT2D eigenvalue weighted by Gasteiger charge is 2.30. The minimum absolute atomic E-state index is 0.185. The molecule has 3 aromatic carbocycles. The molecule has 0 spiro atoms. The molecule has 3 aromatic rings. The van der Waals surface area contributed by atoms with Crippen LogP contribution < -0.4 is 10.1 Å². The van der Waals surface area contributed by atoms with Crippen LogP contribution in [0.25, 0.3) is 0 Å². The highest BCUT2D eigenvalue weighted by atomic mass is 127. The third kappa shape index (κ3) is 8.68. The topological polar surface area (TPSA) is 58.6 Å². The molecule has 1 atom stereocenters. The molecule has 8 heteroatoms. The maximum absolute atomic E-state index is 13.6. The third-order valence-corrected chi connectivity index (χ3v) is 7.07. The van der Waals surface area contributed by atoms with Gasteiger partial charge in [-0.1, -0.05) is 72.9 Å². The van der Waals surface area contributed by atoms with Crippen molar-refractivity contribution in [2.24, 2.45) is 0 Å². The van der Waals surface area contributed by atoms with Gasteiger partial charge in [0.2, 0.25) is 5.91 Å². The lowest BCUT2D eigenvalue weighted by Gasteiger charge is -2.31. The number of rotatable bonds is 12. The molecule has 2 amide bonds. The first-order valence-electron chi connectivity index (χ1n) is 11.8. The first-order chi connectivity index (χ1) is 17.4. The number of benzene rings is 3. The summed E-state index contributed by atoms with van der Waals surface area (Å²) >= 11 is 14.6. The van der Waals surface area contributed by atoms with E-state index < -0.39 is 6.04 Å². The van der Waals surface area contributed by atoms with E-state index in [-0.39, 0.29) is 25.0 Å². The van der Waals surface area contributed by atoms with Gasteiger partial charge >= 0.3 is 0 Å². The minimum Gasteiger partial charge on any atom is -0.484 e. The molecule has 0 saturated carbocycles. The summed E-state index contributed by atoms with van der Waals surface area (Å²) in [5.74, 6) is 0.0893. The Hall–Kier alpha value is -2.29. The number of hydrogen-bond acceptors (Lipinski definition) is 3. The predicted molar refractivity (Wildman–Crippen MR) is 154 cm³/mol. The van der Waals surface area contributed by atoms with Gasteiger partial charge in [-0.15, -0.1) is 0 Å². The summed E-state index contributed by atoms with van der Waals surface area (Å²) in [6.45, 7) is 2.60. The molecule has 36 heavy (non-hydrogen) atoms. The summed E-state index contributed by atoms with van der Waals surface area (Å²) in [7, 11) is 0. The number of unbranched alkanes of at least 4 members (excludes halogenated alkanes) is 1. The second-order valence-corrected chi connectivity index (χ2v) is 10.4. The van der Waals surface area contributed by atoms with Crippen molar-refractivity contribution in [3.8, 4) is 5.75 Å². The van der Waals surface area contributed by atoms with Crippen LogP contribution in [0.5, 0.6) is 5.75 Å². The van der Waals surface area contributed by atoms with Crippen molar-refractivity contribution >= 4 is 57.6 Å². The molecule has 0 heterocycles. The molecule has 0 aliphatic heterocycles. The Morgan fingerprint density at radius 1 is 0.972 bits per heavy atom. The van der Waals surface area contributed by atoms with Gasteiger partial charge in [-0.3, -0.25) is 9.59 Å². The summed E-state index contributed by atoms with van der Waals surface area (Å²) in [6, 6.07) is 21.6. The maximum atomic E-state index is 13.6. The van der Waals surface area contributed by atoms with Crippen LogP contribution in [0.15, 0.2) is 72.8 Å². The zero-order chi connectivity index (χ0) is 25.9. The molecule has 0 aromatic heterocycles. The van der Waals surface area contributed by atoms with Crippen molar-refractivity contribution < 1.29 is 14.3 Å². The van der Waals surface area contributed by atoms with E-state index in [1.54, 1.807) is 17.0 Å². The third-order valence-electron chi connectivity index (χ3n) is 5.61. The lowest BCUT2D eigenvalue weighted by Crippen LogP contribution is -2.51. The van der Waals surface area contributed by atoms with Gasteiger partial charge in [0.05, 0.1) is 10.0 Å². The highest BCUT2D eigenvalue weighted by Crippen LogP contribution is 2.24. The van der Waals surface area contributed by atoms with Gasteiger partial charge in [0.25, 0.3) is 5.91 Å². The Kier molecular flexibility index (Phi) is 11.4. The van der Waals surface area contributed by atoms with Crippen molar-refractivity contribution in [1.29, 1.82) is 0 Å². The van der Waals surface area contributed by atoms with Crippen LogP contribution in [0.2, 0.25) is 10.0 Å². The molecule has 0 bridgehead atoms. The number of halogens is 3. The molecular weight excluding hydrogens is 610 g/mol. The number of nitrogens with zero attached hydrogens (tertiary/aromatic N) is 1. The Labute approximate surface area is 236 Å². The molecule has 3 rings (SSSR count). The Morgan fingerprint density at radius 3 is 2.36 bits per heavy atom. The molecule has 0 unspecified atom stereocenters. The van der Waals surface area contributed by atoms with E-state index in [1.807, 2.05) is 60.7 Å². The fraction of sp³-hybridized carbons (Fsp3) is 0.286. The number of hydrogen-bond donors (Lipinski definition) is 1. The van der Waals surface area contributed by atoms with Gasteiger partial charge in [-0.25, -0.2) is 0 Å². The van der Waals surface area contributed by atoms with Crippen molar-refractivity contribution in [2.45, 2.75) is 38.8 Å². The largest absolute Gasteiger partial charge is 0.484 e. The monoisotopic (exact) mass is 638 g/mol. The molecule has 0 fully saturated rings. The van der Waals surface area contributed by atoms with E-state index in [1.165, 1.54) is 0 Å². The molecule has 5 nitrogen and oxygen atoms in total. The summed E-state index contributed by atoms with van der Waals surface area (Å²) in [5.41, 5.74) is 1.73. The van der Waals surface area contributed by atoms with Crippen molar-refractivity contribution in [3.63, 3.8) is 0 Å². The lowest BCUT2D eigenvalue weighted by atomic mass is 10.0. The van der Waals surface area contributed by atoms with E-state index in [9.17, 15) is 9.59 Å². The van der Waals surface area contributed by atoms with Crippen LogP contribution >= 0.6 is 45.8 Å². The number of carbonyl (C=O) groups is 2. The van der Waals surface area contributed by atoms with E-state index in [0.717, 1.165) is 27.5 Å². The van der Waals surface area contributed by atoms with E-state index in [4.69, 9.17) is 27.9 Å². The van der Waals surface area contributed by atoms with Gasteiger partial charge in [0, 0.05) is 23.1 Å². The average Bonchev–Trinajstić information content (AvgIpc) is 2.88. The predicted octanol–water partition coefficient (Wildman–Crippen LogP) is 6.53. The van der Waals surface area contributed by atoms with Gasteiger partial charge < -0.3 is 15.0 Å². The Balaban J connectivity index is 1.89. The maximum Gasteiger partial charge on any atom is 0.261 e. The quantitative estimate of drug-likeness (QED) is 0.181. The molecule has 0 radical (unpaired) electrons. The fourth-order valence-electron chi connectivity index (χ4n) is 3.65. The molecule has 1 N–H and O–H groups in total. The van der Waals surface area contributed by atoms with Crippen LogP contribution in [0.4, 0.5) is 0 Å². The van der Waals surface area contributed by atoms with Gasteiger partial charge in [0.1, 0.15) is 11.8 Å². The summed E-state index contributed by atoms with van der Waals surface area (Å²) < 4.78 is 6.86. The van der Waals surface area contributed by atoms with Crippen LogP contribution in [0.3, 0.4) is 0 Å². The highest BCUT2D eigenvalue weighted by molar-refractivity contribution is 14.1. The number of ether oxygens (including phenoxy) is 1. The zero-order valence-electron chi connectivity index (χ0n) is 20.1. The standard InChI is InChI=1S/C28H29Cl2IN2O3/c1-2-3-15-32-28(35)26(17-20-7-5-4-6-8-20)33(18-21-9-14-24(29)25(30)16-21)27(34)19-36-23-12-10-22(31)11-13-23/h4-14,16,26H,2-3,15,17-19H2,1H3,(H,32,35)/t26-/m1/s1. The molecule has 0 aliphatic carbocycles. The first kappa shape index (κ1) is 28.3. The fourth-order valence-corrected chi connectivity index (χ4v) is 4.33. The summed E-state index contributed by atoms with van der Waals surface area (Å²) in [6.07, 6.45) is 2.19. The minimum atomic E-state index is -0.730. The van der Waals surface area contributed by atoms with Crippen LogP contribution in [0, 0.1) is 3.57 Å². The second kappa shape index (κ2) is 14.4. The van der Waals surface area contributed by atoms with Gasteiger partial charge in [-0.05, 0) is 76.5 Å². The van der Waals surface area contributed by atoms with Crippen molar-refractivity contribution in [3.05, 3.63) is 97.5 Å². The van der Waals surface area contributed by atoms with Crippen molar-refractivity contribution in [1.82, 2.24) is 10.2 Å². The molecular formula is C28H29Cl2IN2O3. The smallest absolute Gasteiger partial charge is 0.261 e. The molecule has 190 valence electrons. The van der Waals surface area contributed by atoms with Crippen LogP contribution in [-0.4, -0.2) is 35.9 Å². The molecule has 0 saturated heterocycles. The van der Waals surface area contributed by atoms with Gasteiger partial charge in [0.15, 0.2) is 6.61 Å².